The first-order valence-corrected chi connectivity index (χ1v) is 6.02. The third-order valence-electron chi connectivity index (χ3n) is 2.95. The number of hydrogen-bond donors (Lipinski definition) is 0. The maximum Gasteiger partial charge on any atom is 0.433 e. The molecule has 1 rings (SSSR count). The minimum atomic E-state index is -4.35. The summed E-state index contributed by atoms with van der Waals surface area (Å²) >= 11 is 0. The lowest BCUT2D eigenvalue weighted by Crippen LogP contribution is -2.14. The van der Waals surface area contributed by atoms with Gasteiger partial charge in [-0.1, -0.05) is 32.8 Å². The van der Waals surface area contributed by atoms with Gasteiger partial charge in [-0.2, -0.15) is 13.2 Å². The summed E-state index contributed by atoms with van der Waals surface area (Å²) in [5.74, 6) is -0.0414. The zero-order valence-electron chi connectivity index (χ0n) is 10.2. The first kappa shape index (κ1) is 14.0. The summed E-state index contributed by atoms with van der Waals surface area (Å²) in [6.07, 6.45) is 0.314. The molecule has 1 aromatic rings. The Hall–Kier alpha value is -1.06. The molecule has 0 aliphatic carbocycles. The number of rotatable bonds is 5. The predicted octanol–water partition coefficient (Wildman–Crippen LogP) is 4.78. The molecular formula is C13H18F3N. The molecule has 1 atom stereocenters. The van der Waals surface area contributed by atoms with Crippen molar-refractivity contribution in [1.82, 2.24) is 4.98 Å². The average molecular weight is 245 g/mol. The van der Waals surface area contributed by atoms with Gasteiger partial charge in [0.05, 0.1) is 0 Å². The third-order valence-corrected chi connectivity index (χ3v) is 2.95. The number of nitrogens with zero attached hydrogens (tertiary/aromatic N) is 1. The summed E-state index contributed by atoms with van der Waals surface area (Å²) < 4.78 is 38.4. The molecule has 0 bridgehead atoms. The van der Waals surface area contributed by atoms with E-state index in [1.165, 1.54) is 6.20 Å². The van der Waals surface area contributed by atoms with Crippen molar-refractivity contribution < 1.29 is 13.2 Å². The van der Waals surface area contributed by atoms with Crippen LogP contribution in [0.25, 0.3) is 0 Å². The van der Waals surface area contributed by atoms with E-state index < -0.39 is 11.9 Å². The second-order valence-electron chi connectivity index (χ2n) is 4.19. The molecule has 4 heteroatoms. The van der Waals surface area contributed by atoms with E-state index in [9.17, 15) is 13.2 Å². The molecule has 17 heavy (non-hydrogen) atoms. The van der Waals surface area contributed by atoms with E-state index in [0.717, 1.165) is 25.7 Å². The summed E-state index contributed by atoms with van der Waals surface area (Å²) in [7, 11) is 0. The van der Waals surface area contributed by atoms with Gasteiger partial charge in [-0.05, 0) is 30.4 Å². The Kier molecular flexibility index (Phi) is 4.97. The van der Waals surface area contributed by atoms with E-state index in [1.807, 2.05) is 13.8 Å². The molecule has 0 amide bonds. The molecular weight excluding hydrogens is 227 g/mol. The third kappa shape index (κ3) is 3.72. The molecule has 0 spiro atoms. The van der Waals surface area contributed by atoms with Crippen LogP contribution in [-0.4, -0.2) is 4.98 Å². The minimum absolute atomic E-state index is 0.0414. The Morgan fingerprint density at radius 1 is 1.29 bits per heavy atom. The van der Waals surface area contributed by atoms with Crippen LogP contribution < -0.4 is 0 Å². The van der Waals surface area contributed by atoms with Crippen LogP contribution in [0.5, 0.6) is 0 Å². The Labute approximate surface area is 100 Å². The number of halogens is 3. The van der Waals surface area contributed by atoms with E-state index in [-0.39, 0.29) is 5.92 Å². The summed E-state index contributed by atoms with van der Waals surface area (Å²) in [6, 6.07) is 3.14. The highest BCUT2D eigenvalue weighted by molar-refractivity contribution is 5.26. The highest BCUT2D eigenvalue weighted by Crippen LogP contribution is 2.36. The lowest BCUT2D eigenvalue weighted by atomic mass is 9.90. The second kappa shape index (κ2) is 6.03. The van der Waals surface area contributed by atoms with Crippen molar-refractivity contribution >= 4 is 0 Å². The van der Waals surface area contributed by atoms with Crippen LogP contribution in [0.2, 0.25) is 0 Å². The Balaban J connectivity index is 3.02. The average Bonchev–Trinajstić information content (AvgIpc) is 2.29. The van der Waals surface area contributed by atoms with Gasteiger partial charge >= 0.3 is 6.18 Å². The lowest BCUT2D eigenvalue weighted by molar-refractivity contribution is -0.142. The van der Waals surface area contributed by atoms with Crippen LogP contribution in [0, 0.1) is 0 Å². The summed E-state index contributed by atoms with van der Waals surface area (Å²) in [5, 5.41) is 0. The largest absolute Gasteiger partial charge is 0.433 e. The number of alkyl halides is 3. The first-order valence-electron chi connectivity index (χ1n) is 6.02. The number of aromatic nitrogens is 1. The molecule has 0 aliphatic rings. The van der Waals surface area contributed by atoms with Crippen LogP contribution in [0.15, 0.2) is 18.3 Å². The summed E-state index contributed by atoms with van der Waals surface area (Å²) in [4.78, 5) is 3.50. The number of pyridine rings is 1. The van der Waals surface area contributed by atoms with Crippen LogP contribution in [0.4, 0.5) is 13.2 Å². The van der Waals surface area contributed by atoms with Gasteiger partial charge in [0.25, 0.3) is 0 Å². The maximum absolute atomic E-state index is 12.8. The van der Waals surface area contributed by atoms with Gasteiger partial charge in [-0.25, -0.2) is 0 Å². The number of hydrogen-bond acceptors (Lipinski definition) is 1. The SMILES string of the molecule is CCCCC(CC)c1cccnc1C(F)(F)F. The molecule has 0 N–H and O–H groups in total. The summed E-state index contributed by atoms with van der Waals surface area (Å²) in [6.45, 7) is 3.97. The number of unbranched alkanes of at least 4 members (excludes halogenated alkanes) is 1. The maximum atomic E-state index is 12.8. The quantitative estimate of drug-likeness (QED) is 0.727. The molecule has 0 saturated carbocycles. The van der Waals surface area contributed by atoms with Crippen LogP contribution >= 0.6 is 0 Å². The fraction of sp³-hybridized carbons (Fsp3) is 0.615. The standard InChI is InChI=1S/C13H18F3N/c1-3-5-7-10(4-2)11-8-6-9-17-12(11)13(14,15)16/h6,8-10H,3-5,7H2,1-2H3. The van der Waals surface area contributed by atoms with Gasteiger partial charge in [0.15, 0.2) is 0 Å². The smallest absolute Gasteiger partial charge is 0.252 e. The fourth-order valence-electron chi connectivity index (χ4n) is 2.01. The monoisotopic (exact) mass is 245 g/mol. The first-order chi connectivity index (χ1) is 8.00. The normalized spacial score (nSPS) is 13.7. The van der Waals surface area contributed by atoms with Gasteiger partial charge in [0, 0.05) is 6.20 Å². The van der Waals surface area contributed by atoms with Gasteiger partial charge in [-0.3, -0.25) is 4.98 Å². The molecule has 0 aromatic carbocycles. The highest BCUT2D eigenvalue weighted by atomic mass is 19.4. The molecule has 96 valence electrons. The Morgan fingerprint density at radius 3 is 2.53 bits per heavy atom. The molecule has 1 unspecified atom stereocenters. The van der Waals surface area contributed by atoms with E-state index in [4.69, 9.17) is 0 Å². The topological polar surface area (TPSA) is 12.9 Å². The van der Waals surface area contributed by atoms with Crippen LogP contribution in [0.3, 0.4) is 0 Å². The zero-order chi connectivity index (χ0) is 12.9. The van der Waals surface area contributed by atoms with Gasteiger partial charge < -0.3 is 0 Å². The van der Waals surface area contributed by atoms with Crippen molar-refractivity contribution in [3.05, 3.63) is 29.6 Å². The zero-order valence-corrected chi connectivity index (χ0v) is 10.2. The molecule has 0 fully saturated rings. The van der Waals surface area contributed by atoms with Crippen LogP contribution in [0.1, 0.15) is 56.7 Å². The molecule has 0 radical (unpaired) electrons. The molecule has 1 aromatic heterocycles. The van der Waals surface area contributed by atoms with Crippen LogP contribution in [-0.2, 0) is 6.18 Å². The van der Waals surface area contributed by atoms with Gasteiger partial charge in [0.2, 0.25) is 0 Å². The van der Waals surface area contributed by atoms with Crippen molar-refractivity contribution in [3.8, 4) is 0 Å². The van der Waals surface area contributed by atoms with Crippen molar-refractivity contribution in [3.63, 3.8) is 0 Å². The van der Waals surface area contributed by atoms with E-state index in [1.54, 1.807) is 12.1 Å². The second-order valence-corrected chi connectivity index (χ2v) is 4.19. The van der Waals surface area contributed by atoms with Gasteiger partial charge in [0.1, 0.15) is 5.69 Å². The minimum Gasteiger partial charge on any atom is -0.252 e. The molecule has 1 heterocycles. The molecule has 1 nitrogen and oxygen atoms in total. The van der Waals surface area contributed by atoms with Crippen molar-refractivity contribution in [1.29, 1.82) is 0 Å². The Bertz CT molecular complexity index is 347. The van der Waals surface area contributed by atoms with E-state index in [2.05, 4.69) is 4.98 Å². The Morgan fingerprint density at radius 2 is 2.00 bits per heavy atom. The van der Waals surface area contributed by atoms with Crippen molar-refractivity contribution in [2.24, 2.45) is 0 Å². The lowest BCUT2D eigenvalue weighted by Gasteiger charge is -2.19. The van der Waals surface area contributed by atoms with Crippen molar-refractivity contribution in [2.45, 2.75) is 51.6 Å². The molecule has 0 aliphatic heterocycles. The predicted molar refractivity (Wildman–Crippen MR) is 61.8 cm³/mol. The van der Waals surface area contributed by atoms with E-state index >= 15 is 0 Å². The highest BCUT2D eigenvalue weighted by Gasteiger charge is 2.36. The fourth-order valence-corrected chi connectivity index (χ4v) is 2.01. The molecule has 0 saturated heterocycles. The van der Waals surface area contributed by atoms with Crippen molar-refractivity contribution in [2.75, 3.05) is 0 Å². The van der Waals surface area contributed by atoms with E-state index in [0.29, 0.717) is 5.56 Å². The van der Waals surface area contributed by atoms with Gasteiger partial charge in [-0.15, -0.1) is 0 Å². The summed E-state index contributed by atoms with van der Waals surface area (Å²) in [5.41, 5.74) is -0.376.